The lowest BCUT2D eigenvalue weighted by Crippen LogP contribution is -2.61. The molecule has 0 saturated carbocycles. The van der Waals surface area contributed by atoms with Crippen molar-refractivity contribution in [2.45, 2.75) is 340 Å². The van der Waals surface area contributed by atoms with Gasteiger partial charge in [0.2, 0.25) is 0 Å². The van der Waals surface area contributed by atoms with E-state index in [-0.39, 0.29) is 25.9 Å². The average molecular weight is 1090 g/mol. The number of carbonyl (C=O) groups is 4. The highest BCUT2D eigenvalue weighted by Crippen LogP contribution is 2.27. The van der Waals surface area contributed by atoms with Gasteiger partial charge in [0.1, 0.15) is 18.8 Å². The summed E-state index contributed by atoms with van der Waals surface area (Å²) in [6.07, 6.45) is 51.0. The van der Waals surface area contributed by atoms with Crippen LogP contribution in [0.4, 0.5) is 0 Å². The number of hydrogen-bond acceptors (Lipinski definition) is 11. The summed E-state index contributed by atoms with van der Waals surface area (Å²) < 4.78 is 28.5. The number of carboxylic acid groups (broad SMARTS) is 1. The molecular weight excluding hydrogens is 973 g/mol. The fourth-order valence-electron chi connectivity index (χ4n) is 9.75. The van der Waals surface area contributed by atoms with Gasteiger partial charge in [0.15, 0.2) is 24.6 Å². The Balaban J connectivity index is 2.67. The molecule has 0 spiro atoms. The van der Waals surface area contributed by atoms with Gasteiger partial charge in [0, 0.05) is 19.3 Å². The first-order valence-corrected chi connectivity index (χ1v) is 32.0. The Hall–Kier alpha value is -3.06. The summed E-state index contributed by atoms with van der Waals surface area (Å²) in [5.74, 6) is -3.12. The van der Waals surface area contributed by atoms with Crippen molar-refractivity contribution in [1.29, 1.82) is 0 Å². The number of aliphatic carboxylic acids is 1. The van der Waals surface area contributed by atoms with Crippen LogP contribution in [0.1, 0.15) is 303 Å². The first kappa shape index (κ1) is 72.0. The summed E-state index contributed by atoms with van der Waals surface area (Å²) in [6.45, 7) is 5.98. The molecule has 1 heterocycles. The van der Waals surface area contributed by atoms with E-state index < -0.39 is 67.3 Å². The van der Waals surface area contributed by atoms with Crippen LogP contribution >= 0.6 is 0 Å². The number of allylic oxidation sites excluding steroid dienone is 6. The lowest BCUT2D eigenvalue weighted by Gasteiger charge is -2.40. The molecule has 1 aliphatic heterocycles. The highest BCUT2D eigenvalue weighted by atomic mass is 16.7. The summed E-state index contributed by atoms with van der Waals surface area (Å²) in [4.78, 5) is 51.2. The molecule has 0 radical (unpaired) electrons. The van der Waals surface area contributed by atoms with Crippen molar-refractivity contribution in [3.63, 3.8) is 0 Å². The number of aliphatic hydroxyl groups is 2. The van der Waals surface area contributed by atoms with Crippen LogP contribution < -0.4 is 0 Å². The zero-order valence-corrected chi connectivity index (χ0v) is 49.5. The van der Waals surface area contributed by atoms with Crippen molar-refractivity contribution in [3.8, 4) is 0 Å². The van der Waals surface area contributed by atoms with E-state index in [9.17, 15) is 34.5 Å². The van der Waals surface area contributed by atoms with E-state index in [1.165, 1.54) is 141 Å². The average Bonchev–Trinajstić information content (AvgIpc) is 3.42. The van der Waals surface area contributed by atoms with Gasteiger partial charge in [0.05, 0.1) is 6.61 Å². The third kappa shape index (κ3) is 43.4. The monoisotopic (exact) mass is 1090 g/mol. The minimum Gasteiger partial charge on any atom is -0.479 e. The lowest BCUT2D eigenvalue weighted by atomic mass is 9.98. The molecule has 1 saturated heterocycles. The van der Waals surface area contributed by atoms with Gasteiger partial charge in [-0.3, -0.25) is 14.4 Å². The Morgan fingerprint density at radius 1 is 0.429 bits per heavy atom. The Morgan fingerprint density at radius 3 is 1.21 bits per heavy atom. The summed E-state index contributed by atoms with van der Waals surface area (Å²) in [5, 5.41) is 31.6. The summed E-state index contributed by atoms with van der Waals surface area (Å²) >= 11 is 0. The van der Waals surface area contributed by atoms with Crippen LogP contribution in [0, 0.1) is 0 Å². The molecule has 0 amide bonds. The van der Waals surface area contributed by atoms with Gasteiger partial charge >= 0.3 is 23.9 Å². The normalized spacial score (nSPS) is 18.2. The minimum atomic E-state index is -1.90. The number of carboxylic acids is 1. The Morgan fingerprint density at radius 2 is 0.779 bits per heavy atom. The maximum Gasteiger partial charge on any atom is 0.335 e. The highest BCUT2D eigenvalue weighted by Gasteiger charge is 2.50. The van der Waals surface area contributed by atoms with Crippen molar-refractivity contribution in [1.82, 2.24) is 0 Å². The first-order chi connectivity index (χ1) is 37.6. The molecule has 1 aliphatic rings. The van der Waals surface area contributed by atoms with Crippen molar-refractivity contribution < 1.29 is 58.2 Å². The molecule has 0 bridgehead atoms. The van der Waals surface area contributed by atoms with Crippen LogP contribution in [0.3, 0.4) is 0 Å². The SMILES string of the molecule is CCCCC/C=C\C/C=C\CCCCCCCC(=O)OCC(COC1OC(C(=O)O)C(O)C(O)C1OC(=O)CCCCCCCCCCCCCCCCCCC)OC(=O)CCCCCCC/C=C\CCCCCCCC. The lowest BCUT2D eigenvalue weighted by molar-refractivity contribution is -0.301. The van der Waals surface area contributed by atoms with Crippen molar-refractivity contribution in [3.05, 3.63) is 36.5 Å². The zero-order valence-electron chi connectivity index (χ0n) is 49.5. The Labute approximate surface area is 470 Å². The van der Waals surface area contributed by atoms with Gasteiger partial charge in [0.25, 0.3) is 0 Å². The molecule has 448 valence electrons. The van der Waals surface area contributed by atoms with Crippen LogP contribution in [0.2, 0.25) is 0 Å². The predicted molar refractivity (Wildman–Crippen MR) is 313 cm³/mol. The van der Waals surface area contributed by atoms with E-state index >= 15 is 0 Å². The maximum atomic E-state index is 13.2. The molecule has 0 aromatic heterocycles. The molecule has 0 aromatic rings. The van der Waals surface area contributed by atoms with E-state index in [4.69, 9.17) is 23.7 Å². The fourth-order valence-corrected chi connectivity index (χ4v) is 9.75. The smallest absolute Gasteiger partial charge is 0.335 e. The molecule has 3 N–H and O–H groups in total. The second kappa shape index (κ2) is 53.6. The molecule has 1 rings (SSSR count). The number of hydrogen-bond donors (Lipinski definition) is 3. The van der Waals surface area contributed by atoms with Crippen LogP contribution in [0.25, 0.3) is 0 Å². The van der Waals surface area contributed by atoms with E-state index in [1.54, 1.807) is 0 Å². The summed E-state index contributed by atoms with van der Waals surface area (Å²) in [6, 6.07) is 0. The van der Waals surface area contributed by atoms with E-state index in [0.717, 1.165) is 103 Å². The van der Waals surface area contributed by atoms with Gasteiger partial charge in [-0.15, -0.1) is 0 Å². The second-order valence-corrected chi connectivity index (χ2v) is 22.0. The van der Waals surface area contributed by atoms with Crippen molar-refractivity contribution >= 4 is 23.9 Å². The molecular formula is C65H116O12. The first-order valence-electron chi connectivity index (χ1n) is 32.0. The van der Waals surface area contributed by atoms with Crippen LogP contribution in [-0.2, 0) is 42.9 Å². The number of ether oxygens (including phenoxy) is 5. The Kier molecular flexibility index (Phi) is 50.1. The molecule has 0 aromatic carbocycles. The Bertz CT molecular complexity index is 1480. The number of carbonyl (C=O) groups excluding carboxylic acids is 3. The van der Waals surface area contributed by atoms with Crippen molar-refractivity contribution in [2.75, 3.05) is 13.2 Å². The second-order valence-electron chi connectivity index (χ2n) is 22.0. The zero-order chi connectivity index (χ0) is 56.1. The van der Waals surface area contributed by atoms with E-state index in [0.29, 0.717) is 19.3 Å². The largest absolute Gasteiger partial charge is 0.479 e. The summed E-state index contributed by atoms with van der Waals surface area (Å²) in [7, 11) is 0. The van der Waals surface area contributed by atoms with E-state index in [2.05, 4.69) is 57.2 Å². The predicted octanol–water partition coefficient (Wildman–Crippen LogP) is 16.8. The fraction of sp³-hybridized carbons (Fsp3) is 0.846. The number of aliphatic hydroxyl groups excluding tert-OH is 2. The van der Waals surface area contributed by atoms with E-state index in [1.807, 2.05) is 0 Å². The van der Waals surface area contributed by atoms with Crippen LogP contribution in [0.5, 0.6) is 0 Å². The molecule has 6 unspecified atom stereocenters. The highest BCUT2D eigenvalue weighted by molar-refractivity contribution is 5.74. The molecule has 12 heteroatoms. The maximum absolute atomic E-state index is 13.2. The van der Waals surface area contributed by atoms with Gasteiger partial charge in [-0.2, -0.15) is 0 Å². The van der Waals surface area contributed by atoms with Gasteiger partial charge in [-0.1, -0.05) is 243 Å². The quantitative estimate of drug-likeness (QED) is 0.0228. The number of rotatable bonds is 55. The molecule has 6 atom stereocenters. The topological polar surface area (TPSA) is 175 Å². The van der Waals surface area contributed by atoms with Crippen LogP contribution in [0.15, 0.2) is 36.5 Å². The summed E-state index contributed by atoms with van der Waals surface area (Å²) in [5.41, 5.74) is 0. The number of esters is 3. The van der Waals surface area contributed by atoms with Crippen LogP contribution in [-0.4, -0.2) is 89.2 Å². The molecule has 12 nitrogen and oxygen atoms in total. The van der Waals surface area contributed by atoms with Gasteiger partial charge in [-0.25, -0.2) is 4.79 Å². The van der Waals surface area contributed by atoms with Gasteiger partial charge < -0.3 is 39.0 Å². The standard InChI is InChI=1S/C65H116O12/c1-4-7-10-13-16-19-22-25-28-29-32-35-38-41-44-47-50-53-59(68)76-63-61(70)60(69)62(64(71)72)77-65(63)74-55-56(75-58(67)52-49-46-43-40-37-34-31-27-24-21-18-15-12-9-6-3)54-73-57(66)51-48-45-42-39-36-33-30-26-23-20-17-14-11-8-5-2/h17,20,26-27,30-31,56,60-63,65,69-70H,4-16,18-19,21-25,28-29,32-55H2,1-3H3,(H,71,72)/b20-17-,30-26-,31-27-. The third-order valence-corrected chi connectivity index (χ3v) is 14.7. The molecule has 0 aliphatic carbocycles. The third-order valence-electron chi connectivity index (χ3n) is 14.7. The molecule has 77 heavy (non-hydrogen) atoms. The van der Waals surface area contributed by atoms with Gasteiger partial charge in [-0.05, 0) is 77.0 Å². The molecule has 1 fully saturated rings. The van der Waals surface area contributed by atoms with Crippen molar-refractivity contribution in [2.24, 2.45) is 0 Å². The minimum absolute atomic E-state index is 0.0637. The number of unbranched alkanes of at least 4 members (excludes halogenated alkanes) is 35.